The Kier molecular flexibility index (Phi) is 2.58. The molecule has 4 aliphatic rings. The third-order valence-corrected chi connectivity index (χ3v) is 5.99. The van der Waals surface area contributed by atoms with Gasteiger partial charge >= 0.3 is 5.97 Å². The SMILES string of the molecule is NNC(C(=O)O)C12CC3CC(CC(Br)(C3)C1)C2. The van der Waals surface area contributed by atoms with Gasteiger partial charge in [-0.05, 0) is 55.8 Å². The summed E-state index contributed by atoms with van der Waals surface area (Å²) in [4.78, 5) is 11.4. The standard InChI is InChI=1S/C12H19BrN2O2/c13-12-4-7-1-8(5-12)3-11(2-7,6-12)9(15-14)10(16)17/h7-9,15H,1-6,14H2,(H,16,17). The predicted molar refractivity (Wildman–Crippen MR) is 67.5 cm³/mol. The fourth-order valence-corrected chi connectivity index (χ4v) is 6.54. The number of nitrogens with two attached hydrogens (primary N) is 1. The van der Waals surface area contributed by atoms with Crippen LogP contribution in [0.2, 0.25) is 0 Å². The summed E-state index contributed by atoms with van der Waals surface area (Å²) in [6.45, 7) is 0. The lowest BCUT2D eigenvalue weighted by Crippen LogP contribution is -2.63. The molecule has 0 heterocycles. The molecule has 4 aliphatic carbocycles. The largest absolute Gasteiger partial charge is 0.480 e. The minimum absolute atomic E-state index is 0.131. The molecule has 96 valence electrons. The smallest absolute Gasteiger partial charge is 0.322 e. The topological polar surface area (TPSA) is 75.3 Å². The van der Waals surface area contributed by atoms with E-state index in [1.807, 2.05) is 0 Å². The van der Waals surface area contributed by atoms with Crippen LogP contribution in [0.4, 0.5) is 0 Å². The third-order valence-electron chi connectivity index (χ3n) is 5.06. The summed E-state index contributed by atoms with van der Waals surface area (Å²) >= 11 is 3.88. The molecule has 0 spiro atoms. The molecular formula is C12H19BrN2O2. The van der Waals surface area contributed by atoms with Crippen molar-refractivity contribution in [2.24, 2.45) is 23.1 Å². The minimum atomic E-state index is -0.800. The predicted octanol–water partition coefficient (Wildman–Crippen LogP) is 1.64. The summed E-state index contributed by atoms with van der Waals surface area (Å²) in [7, 11) is 0. The van der Waals surface area contributed by atoms with Gasteiger partial charge in [0.05, 0.1) is 0 Å². The quantitative estimate of drug-likeness (QED) is 0.421. The fourth-order valence-electron chi connectivity index (χ4n) is 5.07. The molecule has 0 aromatic heterocycles. The highest BCUT2D eigenvalue weighted by Crippen LogP contribution is 2.65. The number of carboxylic acids is 1. The van der Waals surface area contributed by atoms with Crippen LogP contribution in [0, 0.1) is 17.3 Å². The average Bonchev–Trinajstić information content (AvgIpc) is 2.12. The Hall–Kier alpha value is -0.130. The summed E-state index contributed by atoms with van der Waals surface area (Å²) in [6, 6.07) is -0.592. The van der Waals surface area contributed by atoms with Gasteiger partial charge in [-0.25, -0.2) is 5.43 Å². The van der Waals surface area contributed by atoms with E-state index in [2.05, 4.69) is 21.4 Å². The van der Waals surface area contributed by atoms with Crippen molar-refractivity contribution in [2.45, 2.75) is 48.9 Å². The lowest BCUT2D eigenvalue weighted by atomic mass is 9.47. The van der Waals surface area contributed by atoms with Gasteiger partial charge in [-0.3, -0.25) is 10.6 Å². The lowest BCUT2D eigenvalue weighted by molar-refractivity contribution is -0.150. The summed E-state index contributed by atoms with van der Waals surface area (Å²) in [5.41, 5.74) is 2.42. The summed E-state index contributed by atoms with van der Waals surface area (Å²) < 4.78 is 0.182. The van der Waals surface area contributed by atoms with E-state index in [1.54, 1.807) is 0 Å². The van der Waals surface area contributed by atoms with Crippen LogP contribution in [0.1, 0.15) is 38.5 Å². The van der Waals surface area contributed by atoms with Gasteiger partial charge in [-0.15, -0.1) is 0 Å². The lowest BCUT2D eigenvalue weighted by Gasteiger charge is -2.61. The molecule has 0 aromatic carbocycles. The number of alkyl halides is 1. The maximum absolute atomic E-state index is 11.4. The molecule has 0 aromatic rings. The van der Waals surface area contributed by atoms with E-state index >= 15 is 0 Å². The summed E-state index contributed by atoms with van der Waals surface area (Å²) in [5, 5.41) is 9.36. The van der Waals surface area contributed by atoms with Crippen molar-refractivity contribution in [2.75, 3.05) is 0 Å². The number of halogens is 1. The molecule has 4 bridgehead atoms. The van der Waals surface area contributed by atoms with Crippen LogP contribution >= 0.6 is 15.9 Å². The molecule has 4 N–H and O–H groups in total. The van der Waals surface area contributed by atoms with Gasteiger partial charge in [-0.2, -0.15) is 0 Å². The van der Waals surface area contributed by atoms with Gasteiger partial charge in [0.25, 0.3) is 0 Å². The maximum atomic E-state index is 11.4. The molecule has 4 saturated carbocycles. The average molecular weight is 303 g/mol. The zero-order chi connectivity index (χ0) is 12.3. The van der Waals surface area contributed by atoms with E-state index in [9.17, 15) is 9.90 Å². The van der Waals surface area contributed by atoms with Crippen molar-refractivity contribution in [3.8, 4) is 0 Å². The Labute approximate surface area is 109 Å². The monoisotopic (exact) mass is 302 g/mol. The summed E-state index contributed by atoms with van der Waals surface area (Å²) in [6.07, 6.45) is 6.71. The van der Waals surface area contributed by atoms with Crippen molar-refractivity contribution in [3.63, 3.8) is 0 Å². The van der Waals surface area contributed by atoms with Gasteiger partial charge in [-0.1, -0.05) is 15.9 Å². The first kappa shape index (κ1) is 11.9. The minimum Gasteiger partial charge on any atom is -0.480 e. The highest BCUT2D eigenvalue weighted by molar-refractivity contribution is 9.10. The zero-order valence-electron chi connectivity index (χ0n) is 9.79. The zero-order valence-corrected chi connectivity index (χ0v) is 11.4. The molecule has 4 fully saturated rings. The van der Waals surface area contributed by atoms with Crippen LogP contribution in [0.5, 0.6) is 0 Å². The van der Waals surface area contributed by atoms with Crippen LogP contribution in [0.15, 0.2) is 0 Å². The number of carboxylic acid groups (broad SMARTS) is 1. The molecule has 0 radical (unpaired) electrons. The number of hydrogen-bond acceptors (Lipinski definition) is 3. The Balaban J connectivity index is 1.95. The maximum Gasteiger partial charge on any atom is 0.322 e. The van der Waals surface area contributed by atoms with Crippen molar-refractivity contribution in [3.05, 3.63) is 0 Å². The molecule has 17 heavy (non-hydrogen) atoms. The Morgan fingerprint density at radius 3 is 2.35 bits per heavy atom. The molecule has 4 rings (SSSR count). The van der Waals surface area contributed by atoms with Crippen molar-refractivity contribution in [1.82, 2.24) is 5.43 Å². The Morgan fingerprint density at radius 1 is 1.35 bits per heavy atom. The number of hydrazine groups is 1. The van der Waals surface area contributed by atoms with Crippen molar-refractivity contribution in [1.29, 1.82) is 0 Å². The first-order valence-corrected chi connectivity index (χ1v) is 7.14. The van der Waals surface area contributed by atoms with Crippen molar-refractivity contribution >= 4 is 21.9 Å². The molecule has 4 nitrogen and oxygen atoms in total. The number of aliphatic carboxylic acids is 1. The number of nitrogens with one attached hydrogen (secondary N) is 1. The van der Waals surface area contributed by atoms with Crippen LogP contribution < -0.4 is 11.3 Å². The molecule has 0 aliphatic heterocycles. The molecule has 5 heteroatoms. The van der Waals surface area contributed by atoms with Crippen LogP contribution in [-0.2, 0) is 4.79 Å². The molecular weight excluding hydrogens is 284 g/mol. The van der Waals surface area contributed by atoms with Gasteiger partial charge < -0.3 is 5.11 Å². The Morgan fingerprint density at radius 2 is 1.94 bits per heavy atom. The van der Waals surface area contributed by atoms with Gasteiger partial charge in [0, 0.05) is 4.32 Å². The second kappa shape index (κ2) is 3.68. The van der Waals surface area contributed by atoms with E-state index in [1.165, 1.54) is 19.3 Å². The van der Waals surface area contributed by atoms with E-state index in [-0.39, 0.29) is 9.74 Å². The first-order valence-electron chi connectivity index (χ1n) is 6.34. The fraction of sp³-hybridized carbons (Fsp3) is 0.917. The number of carbonyl (C=O) groups is 1. The highest BCUT2D eigenvalue weighted by Gasteiger charge is 2.60. The number of hydrogen-bond donors (Lipinski definition) is 3. The number of rotatable bonds is 3. The van der Waals surface area contributed by atoms with E-state index in [4.69, 9.17) is 5.84 Å². The van der Waals surface area contributed by atoms with Gasteiger partial charge in [0.2, 0.25) is 0 Å². The summed E-state index contributed by atoms with van der Waals surface area (Å²) in [5.74, 6) is 6.06. The van der Waals surface area contributed by atoms with Crippen LogP contribution in [-0.4, -0.2) is 21.4 Å². The van der Waals surface area contributed by atoms with Crippen LogP contribution in [0.25, 0.3) is 0 Å². The molecule has 3 atom stereocenters. The van der Waals surface area contributed by atoms with E-state index in [0.717, 1.165) is 19.3 Å². The normalized spacial score (nSPS) is 49.3. The van der Waals surface area contributed by atoms with Crippen LogP contribution in [0.3, 0.4) is 0 Å². The molecule has 0 saturated heterocycles. The van der Waals surface area contributed by atoms with Gasteiger partial charge in [0.15, 0.2) is 0 Å². The Bertz CT molecular complexity index is 346. The van der Waals surface area contributed by atoms with E-state index < -0.39 is 12.0 Å². The second-order valence-corrected chi connectivity index (χ2v) is 8.09. The van der Waals surface area contributed by atoms with Gasteiger partial charge in [0.1, 0.15) is 6.04 Å². The van der Waals surface area contributed by atoms with E-state index in [0.29, 0.717) is 11.8 Å². The van der Waals surface area contributed by atoms with Crippen molar-refractivity contribution < 1.29 is 9.90 Å². The third kappa shape index (κ3) is 1.74. The second-order valence-electron chi connectivity index (χ2n) is 6.41. The highest BCUT2D eigenvalue weighted by atomic mass is 79.9. The molecule has 0 amide bonds. The first-order chi connectivity index (χ1) is 7.96. The molecule has 3 unspecified atom stereocenters.